The number of hydrogen-bond acceptors (Lipinski definition) is 5. The largest absolute Gasteiger partial charge is 0.478 e. The highest BCUT2D eigenvalue weighted by molar-refractivity contribution is 7.88. The summed E-state index contributed by atoms with van der Waals surface area (Å²) in [5, 5.41) is 11.0. The van der Waals surface area contributed by atoms with Gasteiger partial charge in [0.15, 0.2) is 0 Å². The van der Waals surface area contributed by atoms with Crippen LogP contribution in [-0.2, 0) is 26.8 Å². The van der Waals surface area contributed by atoms with Crippen molar-refractivity contribution in [2.75, 3.05) is 39.0 Å². The number of aromatic amines is 1. The van der Waals surface area contributed by atoms with Gasteiger partial charge in [0.25, 0.3) is 5.91 Å². The Morgan fingerprint density at radius 1 is 1.03 bits per heavy atom. The van der Waals surface area contributed by atoms with E-state index in [1.54, 1.807) is 6.07 Å². The zero-order valence-corrected chi connectivity index (χ0v) is 22.6. The molecular formula is C28H32N4O5S. The summed E-state index contributed by atoms with van der Waals surface area (Å²) in [6.07, 6.45) is 2.68. The molecule has 2 aliphatic rings. The first-order chi connectivity index (χ1) is 17.9. The van der Waals surface area contributed by atoms with E-state index in [9.17, 15) is 23.1 Å². The smallest absolute Gasteiger partial charge is 0.339 e. The lowest BCUT2D eigenvalue weighted by Gasteiger charge is -2.33. The van der Waals surface area contributed by atoms with E-state index in [2.05, 4.69) is 9.88 Å². The Balaban J connectivity index is 1.41. The Kier molecular flexibility index (Phi) is 6.66. The van der Waals surface area contributed by atoms with Crippen LogP contribution in [0.4, 0.5) is 0 Å². The molecule has 0 aliphatic carbocycles. The van der Waals surface area contributed by atoms with E-state index in [-0.39, 0.29) is 11.5 Å². The van der Waals surface area contributed by atoms with Gasteiger partial charge in [-0.3, -0.25) is 9.69 Å². The summed E-state index contributed by atoms with van der Waals surface area (Å²) in [5.41, 5.74) is 3.23. The van der Waals surface area contributed by atoms with E-state index in [1.807, 2.05) is 56.3 Å². The highest BCUT2D eigenvalue weighted by Gasteiger charge is 2.37. The van der Waals surface area contributed by atoms with Crippen LogP contribution < -0.4 is 0 Å². The highest BCUT2D eigenvalue weighted by Crippen LogP contribution is 2.40. The second-order valence-corrected chi connectivity index (χ2v) is 12.7. The monoisotopic (exact) mass is 536 g/mol. The van der Waals surface area contributed by atoms with Crippen molar-refractivity contribution >= 4 is 38.4 Å². The van der Waals surface area contributed by atoms with E-state index in [1.165, 1.54) is 21.7 Å². The summed E-state index contributed by atoms with van der Waals surface area (Å²) in [6.45, 7) is 7.07. The summed E-state index contributed by atoms with van der Waals surface area (Å²) in [4.78, 5) is 33.0. The molecule has 2 N–H and O–H groups in total. The number of para-hydroxylation sites is 1. The number of aromatic nitrogens is 1. The maximum atomic E-state index is 13.7. The van der Waals surface area contributed by atoms with Crippen LogP contribution in [0.5, 0.6) is 0 Å². The molecule has 0 unspecified atom stereocenters. The van der Waals surface area contributed by atoms with E-state index in [0.717, 1.165) is 22.0 Å². The quantitative estimate of drug-likeness (QED) is 0.518. The van der Waals surface area contributed by atoms with Gasteiger partial charge in [-0.05, 0) is 29.3 Å². The lowest BCUT2D eigenvalue weighted by atomic mass is 9.81. The molecule has 9 nitrogen and oxygen atoms in total. The summed E-state index contributed by atoms with van der Waals surface area (Å²) >= 11 is 0. The maximum absolute atomic E-state index is 13.7. The SMILES string of the molecule is CC1(C)CN(C(=O)c2cccc(CN3CCN(S(C)(=O)=O)CC3)c2)C=C(C(=O)O)c2[nH]c3ccccc3c21. The second kappa shape index (κ2) is 9.68. The number of carboxylic acids is 1. The molecule has 1 aromatic heterocycles. The molecular weight excluding hydrogens is 504 g/mol. The van der Waals surface area contributed by atoms with Crippen LogP contribution in [0.1, 0.15) is 41.0 Å². The van der Waals surface area contributed by atoms with E-state index in [0.29, 0.717) is 50.5 Å². The van der Waals surface area contributed by atoms with Gasteiger partial charge in [-0.1, -0.05) is 44.2 Å². The minimum absolute atomic E-state index is 0.0510. The average molecular weight is 537 g/mol. The molecule has 0 saturated carbocycles. The molecule has 10 heteroatoms. The van der Waals surface area contributed by atoms with Crippen LogP contribution in [0.15, 0.2) is 54.7 Å². The Hall–Kier alpha value is -3.47. The number of amides is 1. The number of carbonyl (C=O) groups excluding carboxylic acids is 1. The lowest BCUT2D eigenvalue weighted by Crippen LogP contribution is -2.47. The van der Waals surface area contributed by atoms with Crippen molar-refractivity contribution in [3.63, 3.8) is 0 Å². The van der Waals surface area contributed by atoms with Gasteiger partial charge in [-0.2, -0.15) is 4.31 Å². The minimum atomic E-state index is -3.20. The zero-order valence-electron chi connectivity index (χ0n) is 21.8. The Labute approximate surface area is 222 Å². The summed E-state index contributed by atoms with van der Waals surface area (Å²) in [5.74, 6) is -1.37. The fourth-order valence-electron chi connectivity index (χ4n) is 5.56. The second-order valence-electron chi connectivity index (χ2n) is 10.7. The number of fused-ring (bicyclic) bond motifs is 3. The molecule has 3 heterocycles. The fourth-order valence-corrected chi connectivity index (χ4v) is 6.38. The summed E-state index contributed by atoms with van der Waals surface area (Å²) < 4.78 is 25.1. The molecule has 2 aliphatic heterocycles. The van der Waals surface area contributed by atoms with Crippen molar-refractivity contribution in [2.45, 2.75) is 25.8 Å². The Morgan fingerprint density at radius 3 is 2.42 bits per heavy atom. The molecule has 0 atom stereocenters. The highest BCUT2D eigenvalue weighted by atomic mass is 32.2. The number of H-pyrrole nitrogens is 1. The summed E-state index contributed by atoms with van der Waals surface area (Å²) in [7, 11) is -3.20. The van der Waals surface area contributed by atoms with Crippen LogP contribution >= 0.6 is 0 Å². The summed E-state index contributed by atoms with van der Waals surface area (Å²) in [6, 6.07) is 15.1. The zero-order chi connectivity index (χ0) is 27.2. The van der Waals surface area contributed by atoms with Crippen molar-refractivity contribution in [1.29, 1.82) is 0 Å². The maximum Gasteiger partial charge on any atom is 0.339 e. The van der Waals surface area contributed by atoms with E-state index >= 15 is 0 Å². The predicted octanol–water partition coefficient (Wildman–Crippen LogP) is 3.10. The van der Waals surface area contributed by atoms with Crippen molar-refractivity contribution in [1.82, 2.24) is 19.1 Å². The number of carbonyl (C=O) groups is 2. The molecule has 200 valence electrons. The molecule has 0 radical (unpaired) electrons. The minimum Gasteiger partial charge on any atom is -0.478 e. The van der Waals surface area contributed by atoms with Gasteiger partial charge in [0.1, 0.15) is 0 Å². The first-order valence-electron chi connectivity index (χ1n) is 12.6. The molecule has 3 aromatic rings. The van der Waals surface area contributed by atoms with Gasteiger partial charge in [0, 0.05) is 67.3 Å². The van der Waals surface area contributed by atoms with Crippen LogP contribution in [0, 0.1) is 0 Å². The normalized spacial score (nSPS) is 18.6. The van der Waals surface area contributed by atoms with Crippen molar-refractivity contribution in [3.05, 3.63) is 77.1 Å². The Bertz CT molecular complexity index is 1550. The molecule has 38 heavy (non-hydrogen) atoms. The van der Waals surface area contributed by atoms with Gasteiger partial charge in [-0.25, -0.2) is 13.2 Å². The fraction of sp³-hybridized carbons (Fsp3) is 0.357. The van der Waals surface area contributed by atoms with Crippen LogP contribution in [0.25, 0.3) is 16.5 Å². The number of piperazine rings is 1. The lowest BCUT2D eigenvalue weighted by molar-refractivity contribution is -0.130. The van der Waals surface area contributed by atoms with Crippen LogP contribution in [0.3, 0.4) is 0 Å². The van der Waals surface area contributed by atoms with Crippen LogP contribution in [-0.4, -0.2) is 83.5 Å². The number of benzene rings is 2. The van der Waals surface area contributed by atoms with E-state index in [4.69, 9.17) is 0 Å². The first-order valence-corrected chi connectivity index (χ1v) is 14.4. The third-order valence-corrected chi connectivity index (χ3v) is 8.68. The molecule has 0 spiro atoms. The van der Waals surface area contributed by atoms with Gasteiger partial charge in [0.05, 0.1) is 17.5 Å². The number of aliphatic carboxylic acids is 1. The molecule has 5 rings (SSSR count). The Morgan fingerprint density at radius 2 is 1.74 bits per heavy atom. The molecule has 0 bridgehead atoms. The van der Waals surface area contributed by atoms with E-state index < -0.39 is 21.4 Å². The number of nitrogens with zero attached hydrogens (tertiary/aromatic N) is 3. The number of carboxylic acid groups (broad SMARTS) is 1. The topological polar surface area (TPSA) is 114 Å². The first kappa shape index (κ1) is 26.1. The number of sulfonamides is 1. The molecule has 1 saturated heterocycles. The van der Waals surface area contributed by atoms with Gasteiger partial charge in [0.2, 0.25) is 10.0 Å². The third kappa shape index (κ3) is 4.99. The number of hydrogen-bond donors (Lipinski definition) is 2. The van der Waals surface area contributed by atoms with Crippen molar-refractivity contribution < 1.29 is 23.1 Å². The standard InChI is InChI=1S/C28H32N4O5S/c1-28(2)18-31(17-22(27(34)35)25-24(28)21-9-4-5-10-23(21)29-25)26(33)20-8-6-7-19(15-20)16-30-11-13-32(14-12-30)38(3,36)37/h4-10,15,17,29H,11-14,16,18H2,1-3H3,(H,34,35). The van der Waals surface area contributed by atoms with Gasteiger partial charge < -0.3 is 15.0 Å². The average Bonchev–Trinajstić information content (AvgIpc) is 3.20. The van der Waals surface area contributed by atoms with Crippen molar-refractivity contribution in [3.8, 4) is 0 Å². The molecule has 1 amide bonds. The predicted molar refractivity (Wildman–Crippen MR) is 146 cm³/mol. The molecule has 2 aromatic carbocycles. The number of nitrogens with one attached hydrogen (secondary N) is 1. The van der Waals surface area contributed by atoms with Gasteiger partial charge in [-0.15, -0.1) is 0 Å². The van der Waals surface area contributed by atoms with Crippen molar-refractivity contribution in [2.24, 2.45) is 0 Å². The number of rotatable bonds is 5. The van der Waals surface area contributed by atoms with Gasteiger partial charge >= 0.3 is 5.97 Å². The van der Waals surface area contributed by atoms with Crippen LogP contribution in [0.2, 0.25) is 0 Å². The molecule has 1 fully saturated rings. The third-order valence-electron chi connectivity index (χ3n) is 7.37.